The van der Waals surface area contributed by atoms with Crippen LogP contribution in [0.2, 0.25) is 0 Å². The summed E-state index contributed by atoms with van der Waals surface area (Å²) in [6.45, 7) is 6.50. The number of primary amides is 1. The third kappa shape index (κ3) is 2.42. The van der Waals surface area contributed by atoms with Crippen molar-refractivity contribution in [1.29, 1.82) is 0 Å². The van der Waals surface area contributed by atoms with Crippen LogP contribution >= 0.6 is 0 Å². The van der Waals surface area contributed by atoms with Crippen molar-refractivity contribution in [2.24, 2.45) is 17.6 Å². The zero-order valence-corrected chi connectivity index (χ0v) is 11.0. The lowest BCUT2D eigenvalue weighted by molar-refractivity contribution is 0.100. The zero-order valence-electron chi connectivity index (χ0n) is 11.0. The second kappa shape index (κ2) is 4.88. The molecule has 0 bridgehead atoms. The summed E-state index contributed by atoms with van der Waals surface area (Å²) in [4.78, 5) is 13.5. The van der Waals surface area contributed by atoms with E-state index < -0.39 is 5.91 Å². The first-order valence-corrected chi connectivity index (χ1v) is 6.43. The van der Waals surface area contributed by atoms with Gasteiger partial charge >= 0.3 is 0 Å². The molecule has 0 aliphatic carbocycles. The van der Waals surface area contributed by atoms with Crippen molar-refractivity contribution in [2.45, 2.75) is 20.3 Å². The first kappa shape index (κ1) is 12.7. The van der Waals surface area contributed by atoms with Gasteiger partial charge in [-0.2, -0.15) is 0 Å². The average Bonchev–Trinajstić information content (AvgIpc) is 2.33. The van der Waals surface area contributed by atoms with Crippen molar-refractivity contribution in [3.8, 4) is 0 Å². The normalized spacial score (nSPS) is 24.0. The molecule has 1 aliphatic rings. The highest BCUT2D eigenvalue weighted by molar-refractivity contribution is 5.95. The second-order valence-electron chi connectivity index (χ2n) is 5.33. The Hall–Kier alpha value is -1.71. The molecule has 1 aromatic carbocycles. The molecule has 18 heavy (non-hydrogen) atoms. The average molecular weight is 247 g/mol. The molecule has 0 aromatic heterocycles. The van der Waals surface area contributed by atoms with Crippen LogP contribution in [-0.2, 0) is 0 Å². The summed E-state index contributed by atoms with van der Waals surface area (Å²) in [6.07, 6.45) is 1.15. The van der Waals surface area contributed by atoms with Gasteiger partial charge in [-0.05, 0) is 36.5 Å². The van der Waals surface area contributed by atoms with E-state index in [0.717, 1.165) is 31.1 Å². The van der Waals surface area contributed by atoms with E-state index in [1.807, 2.05) is 0 Å². The van der Waals surface area contributed by atoms with Crippen molar-refractivity contribution >= 4 is 17.3 Å². The number of hydrogen-bond acceptors (Lipinski definition) is 3. The number of hydrogen-bond donors (Lipinski definition) is 2. The van der Waals surface area contributed by atoms with E-state index in [-0.39, 0.29) is 0 Å². The minimum Gasteiger partial charge on any atom is -0.397 e. The Balaban J connectivity index is 2.27. The number of rotatable bonds is 2. The highest BCUT2D eigenvalue weighted by Gasteiger charge is 2.24. The number of carbonyl (C=O) groups is 1. The summed E-state index contributed by atoms with van der Waals surface area (Å²) in [5.74, 6) is 0.965. The van der Waals surface area contributed by atoms with Crippen molar-refractivity contribution in [2.75, 3.05) is 23.7 Å². The minimum absolute atomic E-state index is 0.408. The summed E-state index contributed by atoms with van der Waals surface area (Å²) in [7, 11) is 0. The standard InChI is InChI=1S/C14H21N3O/c1-9-5-6-17(8-10(9)2)13-7-11(14(16)18)3-4-12(13)15/h3-4,7,9-10H,5-6,8,15H2,1-2H3,(H2,16,18). The molecular weight excluding hydrogens is 226 g/mol. The Morgan fingerprint density at radius 1 is 1.33 bits per heavy atom. The predicted octanol–water partition coefficient (Wildman–Crippen LogP) is 1.85. The van der Waals surface area contributed by atoms with Crippen LogP contribution in [0.1, 0.15) is 30.6 Å². The quantitative estimate of drug-likeness (QED) is 0.783. The SMILES string of the molecule is CC1CCN(c2cc(C(N)=O)ccc2N)CC1C. The van der Waals surface area contributed by atoms with Gasteiger partial charge in [0, 0.05) is 18.7 Å². The van der Waals surface area contributed by atoms with Gasteiger partial charge in [0.25, 0.3) is 0 Å². The number of carbonyl (C=O) groups excluding carboxylic acids is 1. The van der Waals surface area contributed by atoms with Crippen LogP contribution in [0.5, 0.6) is 0 Å². The summed E-state index contributed by atoms with van der Waals surface area (Å²) in [6, 6.07) is 5.25. The zero-order chi connectivity index (χ0) is 13.3. The molecule has 4 heteroatoms. The molecule has 1 saturated heterocycles. The molecule has 2 atom stereocenters. The predicted molar refractivity (Wildman–Crippen MR) is 74.5 cm³/mol. The number of nitrogens with zero attached hydrogens (tertiary/aromatic N) is 1. The van der Waals surface area contributed by atoms with Gasteiger partial charge in [-0.25, -0.2) is 0 Å². The first-order chi connectivity index (χ1) is 8.49. The van der Waals surface area contributed by atoms with Crippen molar-refractivity contribution in [1.82, 2.24) is 0 Å². The number of nitrogen functional groups attached to an aromatic ring is 1. The maximum Gasteiger partial charge on any atom is 0.248 e. The monoisotopic (exact) mass is 247 g/mol. The summed E-state index contributed by atoms with van der Waals surface area (Å²) < 4.78 is 0. The van der Waals surface area contributed by atoms with Crippen molar-refractivity contribution < 1.29 is 4.79 Å². The van der Waals surface area contributed by atoms with Crippen LogP contribution in [0.4, 0.5) is 11.4 Å². The van der Waals surface area contributed by atoms with Gasteiger partial charge in [-0.15, -0.1) is 0 Å². The number of nitrogens with two attached hydrogens (primary N) is 2. The molecule has 1 amide bonds. The molecule has 98 valence electrons. The highest BCUT2D eigenvalue weighted by Crippen LogP contribution is 2.31. The largest absolute Gasteiger partial charge is 0.397 e. The van der Waals surface area contributed by atoms with Crippen LogP contribution < -0.4 is 16.4 Å². The van der Waals surface area contributed by atoms with Crippen LogP contribution in [0.15, 0.2) is 18.2 Å². The number of anilines is 2. The Morgan fingerprint density at radius 2 is 2.06 bits per heavy atom. The first-order valence-electron chi connectivity index (χ1n) is 6.43. The van der Waals surface area contributed by atoms with Gasteiger partial charge in [-0.1, -0.05) is 13.8 Å². The fraction of sp³-hybridized carbons (Fsp3) is 0.500. The maximum absolute atomic E-state index is 11.2. The molecule has 2 unspecified atom stereocenters. The second-order valence-corrected chi connectivity index (χ2v) is 5.33. The molecule has 4 N–H and O–H groups in total. The van der Waals surface area contributed by atoms with Gasteiger partial charge in [0.05, 0.1) is 11.4 Å². The van der Waals surface area contributed by atoms with Crippen LogP contribution in [0, 0.1) is 11.8 Å². The molecule has 4 nitrogen and oxygen atoms in total. The van der Waals surface area contributed by atoms with Gasteiger partial charge in [-0.3, -0.25) is 4.79 Å². The third-order valence-electron chi connectivity index (χ3n) is 3.99. The molecule has 1 fully saturated rings. The lowest BCUT2D eigenvalue weighted by atomic mass is 9.88. The van der Waals surface area contributed by atoms with E-state index >= 15 is 0 Å². The maximum atomic E-state index is 11.2. The molecule has 0 radical (unpaired) electrons. The topological polar surface area (TPSA) is 72.3 Å². The fourth-order valence-corrected chi connectivity index (χ4v) is 2.45. The van der Waals surface area contributed by atoms with E-state index in [2.05, 4.69) is 18.7 Å². The summed E-state index contributed by atoms with van der Waals surface area (Å²) in [5, 5.41) is 0. The Labute approximate surface area is 108 Å². The van der Waals surface area contributed by atoms with Crippen molar-refractivity contribution in [3.63, 3.8) is 0 Å². The lowest BCUT2D eigenvalue weighted by Gasteiger charge is -2.37. The number of amides is 1. The fourth-order valence-electron chi connectivity index (χ4n) is 2.45. The van der Waals surface area contributed by atoms with Crippen LogP contribution in [0.3, 0.4) is 0 Å². The van der Waals surface area contributed by atoms with E-state index in [9.17, 15) is 4.79 Å². The van der Waals surface area contributed by atoms with Crippen LogP contribution in [-0.4, -0.2) is 19.0 Å². The molecule has 0 spiro atoms. The number of benzene rings is 1. The smallest absolute Gasteiger partial charge is 0.248 e. The molecule has 1 heterocycles. The Bertz CT molecular complexity index is 458. The van der Waals surface area contributed by atoms with Gasteiger partial charge < -0.3 is 16.4 Å². The Morgan fingerprint density at radius 3 is 2.67 bits per heavy atom. The molecule has 1 aliphatic heterocycles. The van der Waals surface area contributed by atoms with E-state index in [4.69, 9.17) is 11.5 Å². The molecule has 0 saturated carbocycles. The van der Waals surface area contributed by atoms with Gasteiger partial charge in [0.15, 0.2) is 0 Å². The van der Waals surface area contributed by atoms with Gasteiger partial charge in [0.1, 0.15) is 0 Å². The van der Waals surface area contributed by atoms with Crippen molar-refractivity contribution in [3.05, 3.63) is 23.8 Å². The number of piperidine rings is 1. The highest BCUT2D eigenvalue weighted by atomic mass is 16.1. The lowest BCUT2D eigenvalue weighted by Crippen LogP contribution is -2.38. The summed E-state index contributed by atoms with van der Waals surface area (Å²) >= 11 is 0. The third-order valence-corrected chi connectivity index (χ3v) is 3.99. The summed E-state index contributed by atoms with van der Waals surface area (Å²) in [5.41, 5.74) is 13.5. The van der Waals surface area contributed by atoms with Gasteiger partial charge in [0.2, 0.25) is 5.91 Å². The molecular formula is C14H21N3O. The minimum atomic E-state index is -0.408. The molecule has 1 aromatic rings. The molecule has 2 rings (SSSR count). The van der Waals surface area contributed by atoms with E-state index in [0.29, 0.717) is 17.2 Å². The van der Waals surface area contributed by atoms with E-state index in [1.54, 1.807) is 18.2 Å². The van der Waals surface area contributed by atoms with Crippen LogP contribution in [0.25, 0.3) is 0 Å². The van der Waals surface area contributed by atoms with E-state index in [1.165, 1.54) is 0 Å². The Kier molecular flexibility index (Phi) is 3.45.